The lowest BCUT2D eigenvalue weighted by atomic mass is 9.67. The van der Waals surface area contributed by atoms with Crippen LogP contribution in [0.15, 0.2) is 58.7 Å². The van der Waals surface area contributed by atoms with Crippen molar-refractivity contribution < 1.29 is 24.2 Å². The molecule has 0 saturated carbocycles. The van der Waals surface area contributed by atoms with E-state index >= 15 is 0 Å². The molecule has 0 aromatic heterocycles. The molecular formula is C27H28ClNO5. The molecule has 1 heterocycles. The van der Waals surface area contributed by atoms with Crippen LogP contribution in [0.1, 0.15) is 50.7 Å². The van der Waals surface area contributed by atoms with Crippen molar-refractivity contribution in [3.8, 4) is 11.5 Å². The predicted molar refractivity (Wildman–Crippen MR) is 130 cm³/mol. The van der Waals surface area contributed by atoms with Crippen LogP contribution in [-0.2, 0) is 20.9 Å². The van der Waals surface area contributed by atoms with Gasteiger partial charge in [-0.05, 0) is 42.0 Å². The van der Waals surface area contributed by atoms with E-state index in [0.717, 1.165) is 5.56 Å². The second-order valence-corrected chi connectivity index (χ2v) is 10.1. The van der Waals surface area contributed by atoms with Gasteiger partial charge in [-0.25, -0.2) is 0 Å². The monoisotopic (exact) mass is 481 g/mol. The predicted octanol–water partition coefficient (Wildman–Crippen LogP) is 5.62. The summed E-state index contributed by atoms with van der Waals surface area (Å²) in [5.41, 5.74) is 3.01. The summed E-state index contributed by atoms with van der Waals surface area (Å²) in [4.78, 5) is 31.6. The minimum atomic E-state index is -0.807. The molecule has 1 aliphatic carbocycles. The number of ether oxygens (including phenoxy) is 2. The molecule has 0 amide bonds. The normalized spacial score (nSPS) is 21.6. The van der Waals surface area contributed by atoms with Gasteiger partial charge in [0.2, 0.25) is 0 Å². The first-order valence-electron chi connectivity index (χ1n) is 11.2. The van der Waals surface area contributed by atoms with Crippen LogP contribution in [0.25, 0.3) is 0 Å². The van der Waals surface area contributed by atoms with Crippen LogP contribution in [0.4, 0.5) is 0 Å². The topological polar surface area (TPSA) is 85.2 Å². The molecule has 6 nitrogen and oxygen atoms in total. The molecule has 34 heavy (non-hydrogen) atoms. The third-order valence-corrected chi connectivity index (χ3v) is 6.70. The number of benzene rings is 2. The van der Waals surface area contributed by atoms with Gasteiger partial charge in [0.1, 0.15) is 12.5 Å². The first kappa shape index (κ1) is 24.0. The summed E-state index contributed by atoms with van der Waals surface area (Å²) in [5.74, 6) is -1.99. The lowest BCUT2D eigenvalue weighted by Gasteiger charge is -2.39. The van der Waals surface area contributed by atoms with Gasteiger partial charge >= 0.3 is 5.97 Å². The van der Waals surface area contributed by atoms with E-state index in [1.165, 1.54) is 7.11 Å². The average Bonchev–Trinajstić information content (AvgIpc) is 2.78. The summed E-state index contributed by atoms with van der Waals surface area (Å²) in [5, 5.41) is 10.3. The van der Waals surface area contributed by atoms with Crippen molar-refractivity contribution in [2.45, 2.75) is 46.1 Å². The van der Waals surface area contributed by atoms with Gasteiger partial charge in [-0.1, -0.05) is 55.8 Å². The highest BCUT2D eigenvalue weighted by atomic mass is 35.5. The van der Waals surface area contributed by atoms with Gasteiger partial charge in [-0.15, -0.1) is 0 Å². The van der Waals surface area contributed by atoms with Crippen molar-refractivity contribution in [3.05, 3.63) is 69.9 Å². The van der Waals surface area contributed by atoms with E-state index in [4.69, 9.17) is 26.1 Å². The number of ketones is 1. The number of phenols is 1. The average molecular weight is 482 g/mol. The number of carbonyl (C=O) groups excluding carboxylic acids is 2. The molecule has 2 aromatic rings. The SMILES string of the molecule is COc1cc([C@@H]2C3=C(CC(C)(C)CC3=O)N=C(C)C2C(=O)OCc2ccccc2)cc(Cl)c1O. The molecular weight excluding hydrogens is 454 g/mol. The van der Waals surface area contributed by atoms with Gasteiger partial charge < -0.3 is 14.6 Å². The number of aromatic hydroxyl groups is 1. The van der Waals surface area contributed by atoms with Crippen LogP contribution in [0.5, 0.6) is 11.5 Å². The minimum Gasteiger partial charge on any atom is -0.503 e. The van der Waals surface area contributed by atoms with Crippen molar-refractivity contribution in [2.24, 2.45) is 16.3 Å². The molecule has 7 heteroatoms. The van der Waals surface area contributed by atoms with Gasteiger partial charge in [-0.3, -0.25) is 14.6 Å². The smallest absolute Gasteiger partial charge is 0.315 e. The minimum absolute atomic E-state index is 0.0449. The number of halogens is 1. The number of carbonyl (C=O) groups is 2. The Balaban J connectivity index is 1.80. The number of methoxy groups -OCH3 is 1. The van der Waals surface area contributed by atoms with E-state index in [1.807, 2.05) is 44.2 Å². The van der Waals surface area contributed by atoms with E-state index < -0.39 is 17.8 Å². The van der Waals surface area contributed by atoms with Crippen LogP contribution in [-0.4, -0.2) is 29.7 Å². The first-order chi connectivity index (χ1) is 16.1. The Morgan fingerprint density at radius 2 is 1.91 bits per heavy atom. The summed E-state index contributed by atoms with van der Waals surface area (Å²) in [6.07, 6.45) is 0.974. The van der Waals surface area contributed by atoms with E-state index in [0.29, 0.717) is 35.4 Å². The number of aliphatic imine (C=N–C) groups is 1. The fourth-order valence-electron chi connectivity index (χ4n) is 4.86. The zero-order valence-corrected chi connectivity index (χ0v) is 20.5. The van der Waals surface area contributed by atoms with Crippen LogP contribution >= 0.6 is 11.6 Å². The highest BCUT2D eigenvalue weighted by Crippen LogP contribution is 2.49. The van der Waals surface area contributed by atoms with Gasteiger partial charge in [0, 0.05) is 29.3 Å². The molecule has 0 fully saturated rings. The standard InChI is InChI=1S/C27H28ClNO5/c1-15-22(26(32)34-14-16-8-6-5-7-9-16)23(17-10-18(28)25(31)21(11-17)33-4)24-19(29-15)12-27(2,3)13-20(24)30/h5-11,22-23,31H,12-14H2,1-4H3/t22?,23-/m0/s1. The molecule has 0 radical (unpaired) electrons. The Morgan fingerprint density at radius 3 is 2.59 bits per heavy atom. The van der Waals surface area contributed by atoms with Crippen molar-refractivity contribution in [1.82, 2.24) is 0 Å². The number of phenolic OH excluding ortho intramolecular Hbond substituents is 1. The van der Waals surface area contributed by atoms with E-state index in [2.05, 4.69) is 0 Å². The molecule has 1 aliphatic heterocycles. The number of allylic oxidation sites excluding steroid dienone is 2. The maximum absolute atomic E-state index is 13.4. The van der Waals surface area contributed by atoms with Gasteiger partial charge in [-0.2, -0.15) is 0 Å². The Labute approximate surface area is 204 Å². The van der Waals surface area contributed by atoms with Crippen LogP contribution in [0.3, 0.4) is 0 Å². The Hall–Kier alpha value is -3.12. The number of esters is 1. The molecule has 0 saturated heterocycles. The van der Waals surface area contributed by atoms with Crippen molar-refractivity contribution >= 4 is 29.1 Å². The number of hydrogen-bond donors (Lipinski definition) is 1. The molecule has 0 spiro atoms. The molecule has 178 valence electrons. The lowest BCUT2D eigenvalue weighted by Crippen LogP contribution is -2.39. The molecule has 2 atom stereocenters. The molecule has 0 bridgehead atoms. The quantitative estimate of drug-likeness (QED) is 0.560. The van der Waals surface area contributed by atoms with Crippen LogP contribution in [0, 0.1) is 11.3 Å². The van der Waals surface area contributed by atoms with Crippen molar-refractivity contribution in [1.29, 1.82) is 0 Å². The number of Topliss-reactive ketones (excluding diaryl/α,β-unsaturated/α-hetero) is 1. The fraction of sp³-hybridized carbons (Fsp3) is 0.370. The fourth-order valence-corrected chi connectivity index (χ4v) is 5.08. The molecule has 2 aliphatic rings. The van der Waals surface area contributed by atoms with Gasteiger partial charge in [0.25, 0.3) is 0 Å². The summed E-state index contributed by atoms with van der Waals surface area (Å²) >= 11 is 6.30. The molecule has 1 N–H and O–H groups in total. The summed E-state index contributed by atoms with van der Waals surface area (Å²) in [6, 6.07) is 12.6. The molecule has 1 unspecified atom stereocenters. The second kappa shape index (κ2) is 9.26. The Bertz CT molecular complexity index is 1200. The summed E-state index contributed by atoms with van der Waals surface area (Å²) in [7, 11) is 1.42. The maximum atomic E-state index is 13.4. The third-order valence-electron chi connectivity index (χ3n) is 6.41. The molecule has 4 rings (SSSR count). The summed E-state index contributed by atoms with van der Waals surface area (Å²) < 4.78 is 11.0. The highest BCUT2D eigenvalue weighted by Gasteiger charge is 2.46. The van der Waals surface area contributed by atoms with E-state index in [1.54, 1.807) is 19.1 Å². The Kier molecular flexibility index (Phi) is 6.54. The van der Waals surface area contributed by atoms with Crippen molar-refractivity contribution in [3.63, 3.8) is 0 Å². The number of nitrogens with zero attached hydrogens (tertiary/aromatic N) is 1. The number of hydrogen-bond acceptors (Lipinski definition) is 6. The lowest BCUT2D eigenvalue weighted by molar-refractivity contribution is -0.148. The van der Waals surface area contributed by atoms with Crippen LogP contribution < -0.4 is 4.74 Å². The van der Waals surface area contributed by atoms with Gasteiger partial charge in [0.05, 0.1) is 12.1 Å². The second-order valence-electron chi connectivity index (χ2n) is 9.66. The van der Waals surface area contributed by atoms with Crippen LogP contribution in [0.2, 0.25) is 5.02 Å². The zero-order chi connectivity index (χ0) is 24.6. The summed E-state index contributed by atoms with van der Waals surface area (Å²) in [6.45, 7) is 5.98. The largest absolute Gasteiger partial charge is 0.503 e. The van der Waals surface area contributed by atoms with Crippen molar-refractivity contribution in [2.75, 3.05) is 7.11 Å². The van der Waals surface area contributed by atoms with Gasteiger partial charge in [0.15, 0.2) is 17.3 Å². The number of rotatable bonds is 5. The highest BCUT2D eigenvalue weighted by molar-refractivity contribution is 6.32. The van der Waals surface area contributed by atoms with E-state index in [9.17, 15) is 14.7 Å². The first-order valence-corrected chi connectivity index (χ1v) is 11.6. The zero-order valence-electron chi connectivity index (χ0n) is 19.7. The van der Waals surface area contributed by atoms with E-state index in [-0.39, 0.29) is 34.3 Å². The molecule has 2 aromatic carbocycles. The third kappa shape index (κ3) is 4.60. The maximum Gasteiger partial charge on any atom is 0.315 e. The Morgan fingerprint density at radius 1 is 1.21 bits per heavy atom.